The molecule has 0 spiro atoms. The number of aliphatic hydroxyl groups excluding tert-OH is 1. The van der Waals surface area contributed by atoms with E-state index in [-0.39, 0.29) is 12.8 Å². The van der Waals surface area contributed by atoms with Crippen LogP contribution in [0, 0.1) is 0 Å². The maximum Gasteiger partial charge on any atom is 0.472 e. The highest BCUT2D eigenvalue weighted by atomic mass is 31.2. The number of carboxylic acids is 1. The minimum atomic E-state index is -4.79. The molecule has 0 aliphatic rings. The summed E-state index contributed by atoms with van der Waals surface area (Å²) >= 11 is 0. The second-order valence-corrected chi connectivity index (χ2v) is 18.1. The summed E-state index contributed by atoms with van der Waals surface area (Å²) < 4.78 is 26.9. The van der Waals surface area contributed by atoms with E-state index in [2.05, 4.69) is 104 Å². The highest BCUT2D eigenvalue weighted by Gasteiger charge is 2.28. The summed E-state index contributed by atoms with van der Waals surface area (Å²) in [6.07, 6.45) is 61.5. The summed E-state index contributed by atoms with van der Waals surface area (Å²) in [5.74, 6) is -2.47. The number of carbonyl (C=O) groups is 3. The molecule has 11 nitrogen and oxygen atoms in total. The molecule has 66 heavy (non-hydrogen) atoms. The molecule has 0 bridgehead atoms. The quantitative estimate of drug-likeness (QED) is 0.0199. The van der Waals surface area contributed by atoms with E-state index in [4.69, 9.17) is 13.8 Å². The average molecular weight is 944 g/mol. The molecule has 3 unspecified atom stereocenters. The summed E-state index contributed by atoms with van der Waals surface area (Å²) in [5.41, 5.74) is 0. The first-order chi connectivity index (χ1) is 32.1. The highest BCUT2D eigenvalue weighted by molar-refractivity contribution is 7.47. The van der Waals surface area contributed by atoms with Crippen molar-refractivity contribution in [3.05, 3.63) is 97.2 Å². The zero-order chi connectivity index (χ0) is 48.4. The van der Waals surface area contributed by atoms with Gasteiger partial charge in [-0.25, -0.2) is 9.36 Å². The fourth-order valence-electron chi connectivity index (χ4n) is 6.48. The predicted molar refractivity (Wildman–Crippen MR) is 272 cm³/mol. The van der Waals surface area contributed by atoms with Gasteiger partial charge in [-0.1, -0.05) is 188 Å². The lowest BCUT2D eigenvalue weighted by molar-refractivity contribution is -0.147. The molecule has 0 rings (SSSR count). The number of allylic oxidation sites excluding steroid dienone is 16. The Hall–Kier alpha value is -3.60. The van der Waals surface area contributed by atoms with E-state index >= 15 is 0 Å². The molecule has 0 heterocycles. The first-order valence-corrected chi connectivity index (χ1v) is 26.8. The first kappa shape index (κ1) is 62.4. The molecule has 3 atom stereocenters. The summed E-state index contributed by atoms with van der Waals surface area (Å²) in [5, 5.41) is 21.9. The van der Waals surface area contributed by atoms with Gasteiger partial charge < -0.3 is 25.2 Å². The molecular weight excluding hydrogens is 854 g/mol. The molecular formula is C54H90NO10P. The van der Waals surface area contributed by atoms with Crippen molar-refractivity contribution in [3.63, 3.8) is 0 Å². The minimum Gasteiger partial charge on any atom is -0.480 e. The van der Waals surface area contributed by atoms with Crippen molar-refractivity contribution < 1.29 is 47.8 Å². The maximum absolute atomic E-state index is 12.3. The number of esters is 1. The van der Waals surface area contributed by atoms with Crippen LogP contribution in [0.2, 0.25) is 0 Å². The Bertz CT molecular complexity index is 1480. The number of unbranched alkanes of at least 4 members (excludes halogenated alkanes) is 16. The highest BCUT2D eigenvalue weighted by Crippen LogP contribution is 2.43. The van der Waals surface area contributed by atoms with Gasteiger partial charge in [0.1, 0.15) is 12.7 Å². The molecule has 0 aromatic rings. The predicted octanol–water partition coefficient (Wildman–Crippen LogP) is 14.0. The number of aliphatic hydroxyl groups is 1. The van der Waals surface area contributed by atoms with Crippen LogP contribution in [0.4, 0.5) is 0 Å². The van der Waals surface area contributed by atoms with Gasteiger partial charge >= 0.3 is 19.8 Å². The summed E-state index contributed by atoms with van der Waals surface area (Å²) in [7, 11) is -4.79. The van der Waals surface area contributed by atoms with Crippen LogP contribution in [0.5, 0.6) is 0 Å². The summed E-state index contributed by atoms with van der Waals surface area (Å²) in [4.78, 5) is 46.1. The van der Waals surface area contributed by atoms with Crippen molar-refractivity contribution in [3.8, 4) is 0 Å². The van der Waals surface area contributed by atoms with Gasteiger partial charge in [0.2, 0.25) is 5.91 Å². The SMILES string of the molecule is CC/C=C\C/C=C\C/C=C\C/C=C\C/C=C\C/C=C\C/C=C\CCCC(=O)NC(COP(=O)(O)OCC(O)COC(=O)CCCCCCCCCCC/C=C/CCCCCCCC)C(=O)O. The Morgan fingerprint density at radius 1 is 0.500 bits per heavy atom. The third kappa shape index (κ3) is 46.9. The van der Waals surface area contributed by atoms with Crippen LogP contribution in [0.25, 0.3) is 0 Å². The minimum absolute atomic E-state index is 0.0598. The number of amides is 1. The lowest BCUT2D eigenvalue weighted by atomic mass is 10.1. The number of phosphoric acid groups is 1. The summed E-state index contributed by atoms with van der Waals surface area (Å²) in [6.45, 7) is 2.44. The van der Waals surface area contributed by atoms with Crippen molar-refractivity contribution in [2.45, 2.75) is 206 Å². The third-order valence-electron chi connectivity index (χ3n) is 10.4. The molecule has 0 radical (unpaired) electrons. The number of ether oxygens (including phenoxy) is 1. The van der Waals surface area contributed by atoms with E-state index in [1.54, 1.807) is 0 Å². The largest absolute Gasteiger partial charge is 0.480 e. The van der Waals surface area contributed by atoms with Crippen LogP contribution in [0.3, 0.4) is 0 Å². The van der Waals surface area contributed by atoms with E-state index in [0.29, 0.717) is 19.3 Å². The monoisotopic (exact) mass is 944 g/mol. The van der Waals surface area contributed by atoms with Crippen LogP contribution in [0.1, 0.15) is 194 Å². The topological polar surface area (TPSA) is 169 Å². The molecule has 4 N–H and O–H groups in total. The number of carbonyl (C=O) groups excluding carboxylic acids is 2. The molecule has 0 fully saturated rings. The number of carboxylic acid groups (broad SMARTS) is 1. The number of hydrogen-bond donors (Lipinski definition) is 4. The van der Waals surface area contributed by atoms with Gasteiger partial charge in [-0.3, -0.25) is 18.6 Å². The summed E-state index contributed by atoms with van der Waals surface area (Å²) in [6, 6.07) is -1.59. The molecule has 1 amide bonds. The molecule has 376 valence electrons. The van der Waals surface area contributed by atoms with Gasteiger partial charge in [0, 0.05) is 12.8 Å². The van der Waals surface area contributed by atoms with Gasteiger partial charge in [0.15, 0.2) is 6.04 Å². The fraction of sp³-hybridized carbons (Fsp3) is 0.648. The number of rotatable bonds is 46. The fourth-order valence-corrected chi connectivity index (χ4v) is 7.25. The third-order valence-corrected chi connectivity index (χ3v) is 11.3. The van der Waals surface area contributed by atoms with Crippen LogP contribution in [-0.4, -0.2) is 64.9 Å². The molecule has 0 saturated carbocycles. The molecule has 0 saturated heterocycles. The van der Waals surface area contributed by atoms with Gasteiger partial charge in [-0.15, -0.1) is 0 Å². The second-order valence-electron chi connectivity index (χ2n) is 16.6. The maximum atomic E-state index is 12.3. The van der Waals surface area contributed by atoms with Crippen LogP contribution in [0.15, 0.2) is 97.2 Å². The van der Waals surface area contributed by atoms with Crippen LogP contribution >= 0.6 is 7.82 Å². The molecule has 0 aromatic carbocycles. The van der Waals surface area contributed by atoms with Crippen LogP contribution < -0.4 is 5.32 Å². The first-order valence-electron chi connectivity index (χ1n) is 25.3. The van der Waals surface area contributed by atoms with E-state index in [1.807, 2.05) is 12.2 Å². The van der Waals surface area contributed by atoms with E-state index < -0.39 is 57.6 Å². The Labute approximate surface area is 400 Å². The van der Waals surface area contributed by atoms with Crippen LogP contribution in [-0.2, 0) is 32.7 Å². The molecule has 0 aromatic heterocycles. The van der Waals surface area contributed by atoms with Crippen molar-refractivity contribution in [2.75, 3.05) is 19.8 Å². The average Bonchev–Trinajstić information content (AvgIpc) is 3.29. The smallest absolute Gasteiger partial charge is 0.472 e. The molecule has 0 aliphatic heterocycles. The number of hydrogen-bond acceptors (Lipinski definition) is 8. The zero-order valence-electron chi connectivity index (χ0n) is 41.0. The number of phosphoric ester groups is 1. The molecule has 12 heteroatoms. The Morgan fingerprint density at radius 3 is 1.36 bits per heavy atom. The van der Waals surface area contributed by atoms with Crippen molar-refractivity contribution in [2.24, 2.45) is 0 Å². The molecule has 0 aliphatic carbocycles. The van der Waals surface area contributed by atoms with E-state index in [0.717, 1.165) is 64.2 Å². The van der Waals surface area contributed by atoms with Crippen molar-refractivity contribution in [1.82, 2.24) is 5.32 Å². The van der Waals surface area contributed by atoms with Crippen molar-refractivity contribution >= 4 is 25.7 Å². The van der Waals surface area contributed by atoms with Crippen molar-refractivity contribution in [1.29, 1.82) is 0 Å². The van der Waals surface area contributed by atoms with Gasteiger partial charge in [0.05, 0.1) is 13.2 Å². The zero-order valence-corrected chi connectivity index (χ0v) is 41.9. The second kappa shape index (κ2) is 47.9. The normalized spacial score (nSPS) is 14.4. The van der Waals surface area contributed by atoms with Gasteiger partial charge in [0.25, 0.3) is 0 Å². The Morgan fingerprint density at radius 2 is 0.894 bits per heavy atom. The lowest BCUT2D eigenvalue weighted by Gasteiger charge is -2.18. The lowest BCUT2D eigenvalue weighted by Crippen LogP contribution is -2.43. The van der Waals surface area contributed by atoms with E-state index in [1.165, 1.54) is 83.5 Å². The van der Waals surface area contributed by atoms with Gasteiger partial charge in [-0.2, -0.15) is 0 Å². The number of nitrogens with one attached hydrogen (secondary N) is 1. The number of aliphatic carboxylic acids is 1. The standard InChI is InChI=1S/C54H90NO10P/c1-3-5-7-9-11-13-15-17-19-21-23-24-25-26-28-29-31-33-35-37-39-41-43-45-52(57)55-51(54(59)60)49-65-66(61,62)64-48-50(56)47-63-53(58)46-44-42-40-38-36-34-32-30-27-22-20-18-16-14-12-10-8-6-4-2/h5,7,11,13,17-20,23-24,26,28,31,33,37,39,50-51,56H,3-4,6,8-10,12,14-16,21-22,25,27,29-30,32,34-36,38,40-49H2,1-2H3,(H,55,57)(H,59,60)(H,61,62)/b7-5-,13-11-,19-17-,20-18+,24-23-,28-26-,33-31-,39-37-. The Kier molecular flexibility index (Phi) is 45.3. The Balaban J connectivity index is 3.96. The van der Waals surface area contributed by atoms with E-state index in [9.17, 15) is 34.1 Å². The van der Waals surface area contributed by atoms with Gasteiger partial charge in [-0.05, 0) is 89.9 Å².